The van der Waals surface area contributed by atoms with Crippen LogP contribution < -0.4 is 10.1 Å². The van der Waals surface area contributed by atoms with Crippen molar-refractivity contribution in [2.45, 2.75) is 52.0 Å². The average Bonchev–Trinajstić information content (AvgIpc) is 2.92. The zero-order chi connectivity index (χ0) is 13.7. The summed E-state index contributed by atoms with van der Waals surface area (Å²) in [6, 6.07) is 9.11. The molecular weight excluding hydrogens is 234 g/mol. The molecule has 1 atom stereocenters. The lowest BCUT2D eigenvalue weighted by atomic mass is 9.73. The minimum atomic E-state index is 0.446. The van der Waals surface area contributed by atoms with E-state index in [1.165, 1.54) is 37.7 Å². The quantitative estimate of drug-likeness (QED) is 0.823. The van der Waals surface area contributed by atoms with Crippen LogP contribution in [0.25, 0.3) is 0 Å². The first-order valence-corrected chi connectivity index (χ1v) is 7.66. The summed E-state index contributed by atoms with van der Waals surface area (Å²) < 4.78 is 5.53. The van der Waals surface area contributed by atoms with Gasteiger partial charge in [-0.2, -0.15) is 0 Å². The van der Waals surface area contributed by atoms with Crippen molar-refractivity contribution >= 4 is 0 Å². The van der Waals surface area contributed by atoms with E-state index in [1.54, 1.807) is 0 Å². The van der Waals surface area contributed by atoms with E-state index < -0.39 is 0 Å². The fourth-order valence-corrected chi connectivity index (χ4v) is 3.68. The Morgan fingerprint density at radius 1 is 1.16 bits per heavy atom. The first-order valence-electron chi connectivity index (χ1n) is 7.66. The van der Waals surface area contributed by atoms with Gasteiger partial charge in [0.05, 0.1) is 6.61 Å². The van der Waals surface area contributed by atoms with Crippen molar-refractivity contribution in [3.8, 4) is 5.75 Å². The van der Waals surface area contributed by atoms with Gasteiger partial charge in [0, 0.05) is 6.04 Å². The van der Waals surface area contributed by atoms with Crippen LogP contribution in [0.4, 0.5) is 0 Å². The van der Waals surface area contributed by atoms with Gasteiger partial charge in [-0.1, -0.05) is 31.9 Å². The molecule has 0 spiro atoms. The topological polar surface area (TPSA) is 21.3 Å². The first-order chi connectivity index (χ1) is 9.25. The van der Waals surface area contributed by atoms with E-state index in [0.717, 1.165) is 12.4 Å². The minimum Gasteiger partial charge on any atom is -0.494 e. The van der Waals surface area contributed by atoms with E-state index in [0.29, 0.717) is 11.5 Å². The second kappa shape index (κ2) is 6.42. The van der Waals surface area contributed by atoms with Gasteiger partial charge in [0.25, 0.3) is 0 Å². The third kappa shape index (κ3) is 2.94. The molecule has 1 fully saturated rings. The van der Waals surface area contributed by atoms with Crippen LogP contribution in [0.5, 0.6) is 5.75 Å². The van der Waals surface area contributed by atoms with E-state index in [-0.39, 0.29) is 0 Å². The zero-order valence-corrected chi connectivity index (χ0v) is 12.5. The van der Waals surface area contributed by atoms with Crippen molar-refractivity contribution < 1.29 is 4.74 Å². The highest BCUT2D eigenvalue weighted by Gasteiger charge is 2.39. The Hall–Kier alpha value is -1.02. The van der Waals surface area contributed by atoms with E-state index in [9.17, 15) is 0 Å². The maximum atomic E-state index is 5.53. The van der Waals surface area contributed by atoms with Crippen LogP contribution in [-0.4, -0.2) is 13.7 Å². The standard InChI is InChI=1S/C17H27NO/c1-4-17(12-6-7-13-17)16(18-3)14-8-10-15(11-9-14)19-5-2/h8-11,16,18H,4-7,12-13H2,1-3H3. The fourth-order valence-electron chi connectivity index (χ4n) is 3.68. The van der Waals surface area contributed by atoms with E-state index in [1.807, 2.05) is 6.92 Å². The predicted octanol–water partition coefficient (Wildman–Crippen LogP) is 4.32. The molecule has 1 N–H and O–H groups in total. The zero-order valence-electron chi connectivity index (χ0n) is 12.5. The molecule has 0 saturated heterocycles. The lowest BCUT2D eigenvalue weighted by Crippen LogP contribution is -2.34. The van der Waals surface area contributed by atoms with Crippen LogP contribution in [0.1, 0.15) is 57.6 Å². The average molecular weight is 261 g/mol. The fraction of sp³-hybridized carbons (Fsp3) is 0.647. The van der Waals surface area contributed by atoms with Crippen LogP contribution in [0, 0.1) is 5.41 Å². The molecule has 1 aromatic rings. The van der Waals surface area contributed by atoms with Crippen molar-refractivity contribution in [2.24, 2.45) is 5.41 Å². The Morgan fingerprint density at radius 3 is 2.26 bits per heavy atom. The lowest BCUT2D eigenvalue weighted by molar-refractivity contribution is 0.195. The molecule has 19 heavy (non-hydrogen) atoms. The minimum absolute atomic E-state index is 0.446. The Balaban J connectivity index is 2.21. The molecule has 2 rings (SSSR count). The van der Waals surface area contributed by atoms with E-state index in [2.05, 4.69) is 43.6 Å². The van der Waals surface area contributed by atoms with Gasteiger partial charge in [0.2, 0.25) is 0 Å². The molecule has 0 heterocycles. The number of benzene rings is 1. The predicted molar refractivity (Wildman–Crippen MR) is 80.6 cm³/mol. The summed E-state index contributed by atoms with van der Waals surface area (Å²) in [7, 11) is 2.09. The molecule has 106 valence electrons. The molecule has 1 aliphatic carbocycles. The Kier molecular flexibility index (Phi) is 4.87. The number of ether oxygens (including phenoxy) is 1. The molecule has 0 aromatic heterocycles. The molecule has 0 amide bonds. The molecule has 0 radical (unpaired) electrons. The lowest BCUT2D eigenvalue weighted by Gasteiger charge is -2.37. The highest BCUT2D eigenvalue weighted by Crippen LogP contribution is 2.49. The summed E-state index contributed by atoms with van der Waals surface area (Å²) in [5.41, 5.74) is 1.84. The highest BCUT2D eigenvalue weighted by molar-refractivity contribution is 5.30. The van der Waals surface area contributed by atoms with Crippen LogP contribution in [-0.2, 0) is 0 Å². The summed E-state index contributed by atoms with van der Waals surface area (Å²) in [4.78, 5) is 0. The van der Waals surface area contributed by atoms with Gasteiger partial charge in [-0.3, -0.25) is 0 Å². The van der Waals surface area contributed by atoms with Crippen molar-refractivity contribution in [1.29, 1.82) is 0 Å². The molecule has 1 aliphatic rings. The third-order valence-electron chi connectivity index (χ3n) is 4.73. The molecule has 1 aromatic carbocycles. The van der Waals surface area contributed by atoms with Gasteiger partial charge in [-0.25, -0.2) is 0 Å². The summed E-state index contributed by atoms with van der Waals surface area (Å²) in [5.74, 6) is 0.970. The molecule has 1 unspecified atom stereocenters. The SMILES string of the molecule is CCOc1ccc(C(NC)C2(CC)CCCC2)cc1. The summed E-state index contributed by atoms with van der Waals surface area (Å²) in [5, 5.41) is 3.56. The van der Waals surface area contributed by atoms with Crippen molar-refractivity contribution in [3.63, 3.8) is 0 Å². The Bertz CT molecular complexity index is 379. The van der Waals surface area contributed by atoms with Gasteiger partial charge < -0.3 is 10.1 Å². The Labute approximate surface area is 117 Å². The molecule has 1 saturated carbocycles. The normalized spacial score (nSPS) is 19.3. The van der Waals surface area contributed by atoms with Crippen molar-refractivity contribution in [1.82, 2.24) is 5.32 Å². The summed E-state index contributed by atoms with van der Waals surface area (Å²) >= 11 is 0. The number of rotatable bonds is 6. The molecule has 0 aliphatic heterocycles. The third-order valence-corrected chi connectivity index (χ3v) is 4.73. The van der Waals surface area contributed by atoms with E-state index >= 15 is 0 Å². The Morgan fingerprint density at radius 2 is 1.79 bits per heavy atom. The summed E-state index contributed by atoms with van der Waals surface area (Å²) in [6.07, 6.45) is 6.71. The van der Waals surface area contributed by atoms with E-state index in [4.69, 9.17) is 4.74 Å². The van der Waals surface area contributed by atoms with Crippen LogP contribution in [0.3, 0.4) is 0 Å². The van der Waals surface area contributed by atoms with Crippen molar-refractivity contribution in [2.75, 3.05) is 13.7 Å². The van der Waals surface area contributed by atoms with Crippen molar-refractivity contribution in [3.05, 3.63) is 29.8 Å². The van der Waals surface area contributed by atoms with Crippen LogP contribution in [0.2, 0.25) is 0 Å². The van der Waals surface area contributed by atoms with Gasteiger partial charge in [0.15, 0.2) is 0 Å². The van der Waals surface area contributed by atoms with Gasteiger partial charge in [0.1, 0.15) is 5.75 Å². The van der Waals surface area contributed by atoms with Gasteiger partial charge in [-0.05, 0) is 56.3 Å². The number of nitrogens with one attached hydrogen (secondary N) is 1. The second-order valence-corrected chi connectivity index (χ2v) is 5.65. The molecular formula is C17H27NO. The highest BCUT2D eigenvalue weighted by atomic mass is 16.5. The summed E-state index contributed by atoms with van der Waals surface area (Å²) in [6.45, 7) is 5.09. The maximum Gasteiger partial charge on any atom is 0.119 e. The van der Waals surface area contributed by atoms with Crippen LogP contribution >= 0.6 is 0 Å². The monoisotopic (exact) mass is 261 g/mol. The number of hydrogen-bond donors (Lipinski definition) is 1. The smallest absolute Gasteiger partial charge is 0.119 e. The molecule has 2 heteroatoms. The van der Waals surface area contributed by atoms with Gasteiger partial charge >= 0.3 is 0 Å². The van der Waals surface area contributed by atoms with Crippen LogP contribution in [0.15, 0.2) is 24.3 Å². The second-order valence-electron chi connectivity index (χ2n) is 5.65. The number of hydrogen-bond acceptors (Lipinski definition) is 2. The first kappa shape index (κ1) is 14.4. The van der Waals surface area contributed by atoms with Gasteiger partial charge in [-0.15, -0.1) is 0 Å². The maximum absolute atomic E-state index is 5.53. The largest absolute Gasteiger partial charge is 0.494 e. The molecule has 0 bridgehead atoms. The molecule has 2 nitrogen and oxygen atoms in total.